The van der Waals surface area contributed by atoms with Gasteiger partial charge < -0.3 is 5.32 Å². The van der Waals surface area contributed by atoms with Gasteiger partial charge in [0.15, 0.2) is 5.03 Å². The second-order valence-electron chi connectivity index (χ2n) is 6.17. The minimum atomic E-state index is -3.47. The second kappa shape index (κ2) is 6.02. The monoisotopic (exact) mass is 309 g/mol. The van der Waals surface area contributed by atoms with Gasteiger partial charge in [-0.05, 0) is 43.2 Å². The van der Waals surface area contributed by atoms with Crippen LogP contribution in [0.15, 0.2) is 23.4 Å². The Hall–Kier alpha value is -0.980. The molecule has 5 nitrogen and oxygen atoms in total. The van der Waals surface area contributed by atoms with E-state index >= 15 is 0 Å². The standard InChI is InChI=1S/C15H23N3O2S/c1-2-3-12-8-14(12)18-21(19,20)15-7-4-11(10-17-15)9-16-13-5-6-13/h4,7,10,12-14,16,18H,2-3,5-6,8-9H2,1H3. The first-order chi connectivity index (χ1) is 10.1. The molecule has 116 valence electrons. The van der Waals surface area contributed by atoms with Gasteiger partial charge >= 0.3 is 0 Å². The van der Waals surface area contributed by atoms with Gasteiger partial charge in [-0.25, -0.2) is 18.1 Å². The van der Waals surface area contributed by atoms with Crippen LogP contribution in [0.2, 0.25) is 0 Å². The van der Waals surface area contributed by atoms with E-state index in [-0.39, 0.29) is 11.1 Å². The van der Waals surface area contributed by atoms with Crippen molar-refractivity contribution in [2.45, 2.75) is 62.7 Å². The highest BCUT2D eigenvalue weighted by Crippen LogP contribution is 2.35. The number of nitrogens with zero attached hydrogens (tertiary/aromatic N) is 1. The minimum Gasteiger partial charge on any atom is -0.310 e. The molecule has 0 amide bonds. The van der Waals surface area contributed by atoms with E-state index in [4.69, 9.17) is 0 Å². The number of hydrogen-bond acceptors (Lipinski definition) is 4. The summed E-state index contributed by atoms with van der Waals surface area (Å²) in [5, 5.41) is 3.51. The maximum atomic E-state index is 12.2. The molecule has 2 aliphatic rings. The van der Waals surface area contributed by atoms with Gasteiger partial charge in [-0.15, -0.1) is 0 Å². The molecule has 0 saturated heterocycles. The predicted molar refractivity (Wildman–Crippen MR) is 81.2 cm³/mol. The Bertz CT molecular complexity index is 581. The van der Waals surface area contributed by atoms with Crippen LogP contribution in [0.3, 0.4) is 0 Å². The molecule has 0 aromatic carbocycles. The zero-order valence-corrected chi connectivity index (χ0v) is 13.2. The Morgan fingerprint density at radius 3 is 2.76 bits per heavy atom. The number of nitrogens with one attached hydrogen (secondary N) is 2. The number of aromatic nitrogens is 1. The van der Waals surface area contributed by atoms with Gasteiger partial charge in [-0.2, -0.15) is 0 Å². The highest BCUT2D eigenvalue weighted by molar-refractivity contribution is 7.89. The predicted octanol–water partition coefficient (Wildman–Crippen LogP) is 1.80. The molecule has 0 aliphatic heterocycles. The van der Waals surface area contributed by atoms with Crippen molar-refractivity contribution < 1.29 is 8.42 Å². The summed E-state index contributed by atoms with van der Waals surface area (Å²) in [5.74, 6) is 0.506. The van der Waals surface area contributed by atoms with Gasteiger partial charge in [-0.1, -0.05) is 19.4 Å². The van der Waals surface area contributed by atoms with Crippen molar-refractivity contribution in [2.75, 3.05) is 0 Å². The zero-order chi connectivity index (χ0) is 14.9. The molecular formula is C15H23N3O2S. The summed E-state index contributed by atoms with van der Waals surface area (Å²) in [6, 6.07) is 4.19. The minimum absolute atomic E-state index is 0.105. The Balaban J connectivity index is 1.57. The summed E-state index contributed by atoms with van der Waals surface area (Å²) in [7, 11) is -3.47. The van der Waals surface area contributed by atoms with Crippen molar-refractivity contribution in [3.05, 3.63) is 23.9 Å². The van der Waals surface area contributed by atoms with Crippen LogP contribution in [-0.2, 0) is 16.6 Å². The number of hydrogen-bond donors (Lipinski definition) is 2. The second-order valence-corrected chi connectivity index (χ2v) is 7.83. The molecule has 1 aromatic heterocycles. The third kappa shape index (κ3) is 4.02. The lowest BCUT2D eigenvalue weighted by Crippen LogP contribution is -2.28. The van der Waals surface area contributed by atoms with Crippen LogP contribution in [0, 0.1) is 5.92 Å². The van der Waals surface area contributed by atoms with Crippen LogP contribution in [-0.4, -0.2) is 25.5 Å². The highest BCUT2D eigenvalue weighted by Gasteiger charge is 2.39. The van der Waals surface area contributed by atoms with Crippen molar-refractivity contribution in [3.63, 3.8) is 0 Å². The molecule has 1 aromatic rings. The number of sulfonamides is 1. The number of rotatable bonds is 8. The van der Waals surface area contributed by atoms with Crippen molar-refractivity contribution >= 4 is 10.0 Å². The van der Waals surface area contributed by atoms with E-state index in [0.29, 0.717) is 12.0 Å². The first-order valence-electron chi connectivity index (χ1n) is 7.79. The molecule has 0 bridgehead atoms. The van der Waals surface area contributed by atoms with Crippen LogP contribution >= 0.6 is 0 Å². The summed E-state index contributed by atoms with van der Waals surface area (Å²) < 4.78 is 27.2. The van der Waals surface area contributed by atoms with Gasteiger partial charge in [-0.3, -0.25) is 0 Å². The Morgan fingerprint density at radius 1 is 1.33 bits per heavy atom. The topological polar surface area (TPSA) is 71.1 Å². The van der Waals surface area contributed by atoms with E-state index in [0.717, 1.165) is 31.4 Å². The van der Waals surface area contributed by atoms with Crippen LogP contribution < -0.4 is 10.0 Å². The van der Waals surface area contributed by atoms with Gasteiger partial charge in [0.2, 0.25) is 0 Å². The van der Waals surface area contributed by atoms with E-state index in [1.807, 2.05) is 6.07 Å². The third-order valence-electron chi connectivity index (χ3n) is 4.13. The molecule has 2 saturated carbocycles. The third-order valence-corrected chi connectivity index (χ3v) is 5.54. The highest BCUT2D eigenvalue weighted by atomic mass is 32.2. The first-order valence-corrected chi connectivity index (χ1v) is 9.27. The van der Waals surface area contributed by atoms with E-state index in [9.17, 15) is 8.42 Å². The SMILES string of the molecule is CCCC1CC1NS(=O)(=O)c1ccc(CNC2CC2)cn1. The summed E-state index contributed by atoms with van der Waals surface area (Å²) >= 11 is 0. The Kier molecular flexibility index (Phi) is 4.28. The molecule has 2 fully saturated rings. The zero-order valence-electron chi connectivity index (χ0n) is 12.4. The molecule has 1 heterocycles. The molecule has 2 unspecified atom stereocenters. The fourth-order valence-corrected chi connectivity index (χ4v) is 3.81. The lowest BCUT2D eigenvalue weighted by atomic mass is 10.2. The van der Waals surface area contributed by atoms with Crippen LogP contribution in [0.5, 0.6) is 0 Å². The van der Waals surface area contributed by atoms with Gasteiger partial charge in [0.05, 0.1) is 0 Å². The van der Waals surface area contributed by atoms with Crippen LogP contribution in [0.1, 0.15) is 44.6 Å². The lowest BCUT2D eigenvalue weighted by molar-refractivity contribution is 0.569. The summed E-state index contributed by atoms with van der Waals surface area (Å²) in [5.41, 5.74) is 1.02. The average Bonchev–Trinajstić information content (AvgIpc) is 3.36. The van der Waals surface area contributed by atoms with E-state index in [1.54, 1.807) is 12.3 Å². The molecule has 21 heavy (non-hydrogen) atoms. The van der Waals surface area contributed by atoms with Crippen molar-refractivity contribution in [1.82, 2.24) is 15.0 Å². The van der Waals surface area contributed by atoms with E-state index in [2.05, 4.69) is 21.9 Å². The molecule has 2 aliphatic carbocycles. The first kappa shape index (κ1) is 14.9. The Morgan fingerprint density at radius 2 is 2.14 bits per heavy atom. The molecule has 6 heteroatoms. The molecule has 2 atom stereocenters. The summed E-state index contributed by atoms with van der Waals surface area (Å²) in [6.07, 6.45) is 7.28. The van der Waals surface area contributed by atoms with Gasteiger partial charge in [0, 0.05) is 24.8 Å². The quantitative estimate of drug-likeness (QED) is 0.768. The van der Waals surface area contributed by atoms with Crippen LogP contribution in [0.25, 0.3) is 0 Å². The maximum absolute atomic E-state index is 12.2. The largest absolute Gasteiger partial charge is 0.310 e. The fourth-order valence-electron chi connectivity index (χ4n) is 2.57. The Labute approximate surface area is 126 Å². The molecular weight excluding hydrogens is 286 g/mol. The summed E-state index contributed by atoms with van der Waals surface area (Å²) in [6.45, 7) is 2.88. The molecule has 3 rings (SSSR count). The van der Waals surface area contributed by atoms with Crippen molar-refractivity contribution in [1.29, 1.82) is 0 Å². The van der Waals surface area contributed by atoms with Crippen LogP contribution in [0.4, 0.5) is 0 Å². The van der Waals surface area contributed by atoms with Crippen molar-refractivity contribution in [3.8, 4) is 0 Å². The van der Waals surface area contributed by atoms with Gasteiger partial charge in [0.1, 0.15) is 0 Å². The van der Waals surface area contributed by atoms with Gasteiger partial charge in [0.25, 0.3) is 10.0 Å². The maximum Gasteiger partial charge on any atom is 0.258 e. The van der Waals surface area contributed by atoms with E-state index in [1.165, 1.54) is 12.8 Å². The van der Waals surface area contributed by atoms with E-state index < -0.39 is 10.0 Å². The van der Waals surface area contributed by atoms with Crippen molar-refractivity contribution in [2.24, 2.45) is 5.92 Å². The summed E-state index contributed by atoms with van der Waals surface area (Å²) in [4.78, 5) is 4.11. The number of pyridine rings is 1. The molecule has 2 N–H and O–H groups in total. The lowest BCUT2D eigenvalue weighted by Gasteiger charge is -2.07. The average molecular weight is 309 g/mol. The normalized spacial score (nSPS) is 25.0. The smallest absolute Gasteiger partial charge is 0.258 e. The fraction of sp³-hybridized carbons (Fsp3) is 0.667. The molecule has 0 spiro atoms. The molecule has 0 radical (unpaired) electrons.